The van der Waals surface area contributed by atoms with Crippen LogP contribution in [-0.2, 0) is 0 Å². The lowest BCUT2D eigenvalue weighted by atomic mass is 10.4. The molecule has 0 aliphatic heterocycles. The molecule has 0 aromatic carbocycles. The topological polar surface area (TPSA) is 51.8 Å². The first-order valence-corrected chi connectivity index (χ1v) is 3.32. The van der Waals surface area contributed by atoms with Gasteiger partial charge in [0.15, 0.2) is 11.9 Å². The van der Waals surface area contributed by atoms with Gasteiger partial charge in [-0.05, 0) is 13.8 Å². The molecule has 4 heteroatoms. The van der Waals surface area contributed by atoms with E-state index in [9.17, 15) is 0 Å². The van der Waals surface area contributed by atoms with Gasteiger partial charge in [0.2, 0.25) is 5.71 Å². The molecule has 56 valence electrons. The van der Waals surface area contributed by atoms with Crippen molar-refractivity contribution in [3.8, 4) is 0 Å². The van der Waals surface area contributed by atoms with Crippen LogP contribution in [-0.4, -0.2) is 15.0 Å². The largest absolute Gasteiger partial charge is 0.425 e. The molecule has 0 aliphatic carbocycles. The first kappa shape index (κ1) is 6.27. The predicted octanol–water partition coefficient (Wildman–Crippen LogP) is 1.23. The van der Waals surface area contributed by atoms with Gasteiger partial charge in [0.1, 0.15) is 5.82 Å². The minimum atomic E-state index is 0.565. The fraction of sp³-hybridized carbons (Fsp3) is 0.286. The summed E-state index contributed by atoms with van der Waals surface area (Å²) in [6.07, 6.45) is 1.38. The van der Waals surface area contributed by atoms with Crippen LogP contribution in [0.25, 0.3) is 11.2 Å². The second-order valence-corrected chi connectivity index (χ2v) is 2.36. The maximum absolute atomic E-state index is 5.02. The van der Waals surface area contributed by atoms with Crippen LogP contribution in [0.1, 0.15) is 11.5 Å². The quantitative estimate of drug-likeness (QED) is 0.565. The van der Waals surface area contributed by atoms with Crippen molar-refractivity contribution in [2.24, 2.45) is 0 Å². The minimum absolute atomic E-state index is 0.565. The molecule has 0 N–H and O–H groups in total. The normalized spacial score (nSPS) is 10.7. The van der Waals surface area contributed by atoms with Crippen molar-refractivity contribution in [1.82, 2.24) is 15.0 Å². The molecule has 11 heavy (non-hydrogen) atoms. The summed E-state index contributed by atoms with van der Waals surface area (Å²) in [7, 11) is 0. The monoisotopic (exact) mass is 149 g/mol. The van der Waals surface area contributed by atoms with Crippen molar-refractivity contribution < 1.29 is 4.42 Å². The fourth-order valence-corrected chi connectivity index (χ4v) is 1.04. The molecule has 4 nitrogen and oxygen atoms in total. The van der Waals surface area contributed by atoms with E-state index in [1.807, 2.05) is 13.8 Å². The Morgan fingerprint density at radius 1 is 1.27 bits per heavy atom. The third-order valence-corrected chi connectivity index (χ3v) is 1.48. The van der Waals surface area contributed by atoms with Gasteiger partial charge in [-0.3, -0.25) is 0 Å². The zero-order valence-corrected chi connectivity index (χ0v) is 6.33. The van der Waals surface area contributed by atoms with Crippen molar-refractivity contribution in [2.75, 3.05) is 0 Å². The van der Waals surface area contributed by atoms with Crippen LogP contribution in [0.3, 0.4) is 0 Å². The third-order valence-electron chi connectivity index (χ3n) is 1.48. The van der Waals surface area contributed by atoms with Crippen molar-refractivity contribution in [2.45, 2.75) is 13.8 Å². The second kappa shape index (κ2) is 2.02. The lowest BCUT2D eigenvalue weighted by Crippen LogP contribution is -1.90. The number of nitrogens with zero attached hydrogens (tertiary/aromatic N) is 3. The average Bonchev–Trinajstić information content (AvgIpc) is 2.34. The minimum Gasteiger partial charge on any atom is -0.425 e. The molecular formula is C7H7N3O. The molecule has 2 heterocycles. The molecule has 0 radical (unpaired) electrons. The Bertz CT molecular complexity index is 393. The SMILES string of the molecule is Cc1nc(C)c2ncoc2n1. The van der Waals surface area contributed by atoms with Crippen molar-refractivity contribution in [1.29, 1.82) is 0 Å². The molecule has 2 aromatic heterocycles. The highest BCUT2D eigenvalue weighted by atomic mass is 16.3. The standard InChI is InChI=1S/C7H7N3O/c1-4-6-7(11-3-8-6)10-5(2)9-4/h3H,1-2H3. The number of fused-ring (bicyclic) bond motifs is 1. The molecule has 0 amide bonds. The maximum Gasteiger partial charge on any atom is 0.250 e. The molecule has 2 rings (SSSR count). The van der Waals surface area contributed by atoms with E-state index >= 15 is 0 Å². The Hall–Kier alpha value is -1.45. The third kappa shape index (κ3) is 0.869. The van der Waals surface area contributed by atoms with Gasteiger partial charge in [-0.1, -0.05) is 0 Å². The van der Waals surface area contributed by atoms with E-state index in [4.69, 9.17) is 4.42 Å². The van der Waals surface area contributed by atoms with E-state index in [-0.39, 0.29) is 0 Å². The van der Waals surface area contributed by atoms with Gasteiger partial charge in [-0.25, -0.2) is 9.97 Å². The lowest BCUT2D eigenvalue weighted by Gasteiger charge is -1.92. The highest BCUT2D eigenvalue weighted by Gasteiger charge is 2.04. The molecule has 0 bridgehead atoms. The average molecular weight is 149 g/mol. The van der Waals surface area contributed by atoms with Crippen molar-refractivity contribution in [3.63, 3.8) is 0 Å². The van der Waals surface area contributed by atoms with E-state index in [1.165, 1.54) is 6.39 Å². The Morgan fingerprint density at radius 2 is 2.09 bits per heavy atom. The van der Waals surface area contributed by atoms with Gasteiger partial charge < -0.3 is 4.42 Å². The summed E-state index contributed by atoms with van der Waals surface area (Å²) >= 11 is 0. The van der Waals surface area contributed by atoms with Crippen LogP contribution in [0.2, 0.25) is 0 Å². The summed E-state index contributed by atoms with van der Waals surface area (Å²) in [4.78, 5) is 12.2. The van der Waals surface area contributed by atoms with Crippen LogP contribution in [0.5, 0.6) is 0 Å². The molecular weight excluding hydrogens is 142 g/mol. The Kier molecular flexibility index (Phi) is 1.15. The summed E-state index contributed by atoms with van der Waals surface area (Å²) in [5.74, 6) is 0.715. The van der Waals surface area contributed by atoms with Gasteiger partial charge in [-0.2, -0.15) is 4.98 Å². The first-order chi connectivity index (χ1) is 5.27. The van der Waals surface area contributed by atoms with E-state index < -0.39 is 0 Å². The smallest absolute Gasteiger partial charge is 0.250 e. The molecule has 0 aliphatic rings. The number of oxazole rings is 1. The number of rotatable bonds is 0. The zero-order valence-electron chi connectivity index (χ0n) is 6.33. The second-order valence-electron chi connectivity index (χ2n) is 2.36. The number of hydrogen-bond donors (Lipinski definition) is 0. The number of aryl methyl sites for hydroxylation is 2. The summed E-state index contributed by atoms with van der Waals surface area (Å²) in [5, 5.41) is 0. The zero-order chi connectivity index (χ0) is 7.84. The summed E-state index contributed by atoms with van der Waals surface area (Å²) in [6.45, 7) is 3.72. The van der Waals surface area contributed by atoms with Crippen molar-refractivity contribution in [3.05, 3.63) is 17.9 Å². The molecule has 0 unspecified atom stereocenters. The van der Waals surface area contributed by atoms with Crippen molar-refractivity contribution >= 4 is 11.2 Å². The molecule has 0 saturated heterocycles. The fourth-order valence-electron chi connectivity index (χ4n) is 1.04. The highest BCUT2D eigenvalue weighted by molar-refractivity contribution is 5.69. The number of hydrogen-bond acceptors (Lipinski definition) is 4. The van der Waals surface area contributed by atoms with E-state index in [0.717, 1.165) is 11.2 Å². The Balaban J connectivity index is 2.91. The maximum atomic E-state index is 5.02. The van der Waals surface area contributed by atoms with Crippen LogP contribution < -0.4 is 0 Å². The van der Waals surface area contributed by atoms with Gasteiger partial charge in [-0.15, -0.1) is 0 Å². The highest BCUT2D eigenvalue weighted by Crippen LogP contribution is 2.11. The molecule has 0 fully saturated rings. The van der Waals surface area contributed by atoms with Crippen LogP contribution in [0, 0.1) is 13.8 Å². The Labute approximate surface area is 63.3 Å². The van der Waals surface area contributed by atoms with E-state index in [0.29, 0.717) is 11.5 Å². The van der Waals surface area contributed by atoms with Crippen LogP contribution in [0.15, 0.2) is 10.8 Å². The van der Waals surface area contributed by atoms with Gasteiger partial charge >= 0.3 is 0 Å². The van der Waals surface area contributed by atoms with E-state index in [2.05, 4.69) is 15.0 Å². The van der Waals surface area contributed by atoms with Gasteiger partial charge in [0, 0.05) is 0 Å². The first-order valence-electron chi connectivity index (χ1n) is 3.32. The molecule has 0 saturated carbocycles. The molecule has 0 atom stereocenters. The summed E-state index contributed by atoms with van der Waals surface area (Å²) < 4.78 is 5.02. The molecule has 2 aromatic rings. The lowest BCUT2D eigenvalue weighted by molar-refractivity contribution is 0.588. The summed E-state index contributed by atoms with van der Waals surface area (Å²) in [5.41, 5.74) is 2.17. The van der Waals surface area contributed by atoms with Gasteiger partial charge in [0.25, 0.3) is 0 Å². The Morgan fingerprint density at radius 3 is 2.91 bits per heavy atom. The van der Waals surface area contributed by atoms with Gasteiger partial charge in [0.05, 0.1) is 5.69 Å². The predicted molar refractivity (Wildman–Crippen MR) is 39.1 cm³/mol. The van der Waals surface area contributed by atoms with Crippen LogP contribution in [0.4, 0.5) is 0 Å². The summed E-state index contributed by atoms with van der Waals surface area (Å²) in [6, 6.07) is 0. The molecule has 0 spiro atoms. The number of aromatic nitrogens is 3. The van der Waals surface area contributed by atoms with Crippen LogP contribution >= 0.6 is 0 Å². The van der Waals surface area contributed by atoms with E-state index in [1.54, 1.807) is 0 Å².